The highest BCUT2D eigenvalue weighted by Gasteiger charge is 2.35. The third kappa shape index (κ3) is 3.21. The molecule has 3 atom stereocenters. The number of hydrogen-bond acceptors (Lipinski definition) is 3. The number of nitrogens with zero attached hydrogens (tertiary/aromatic N) is 1. The van der Waals surface area contributed by atoms with Gasteiger partial charge in [-0.1, -0.05) is 0 Å². The second-order valence-electron chi connectivity index (χ2n) is 6.13. The minimum Gasteiger partial charge on any atom is -0.372 e. The van der Waals surface area contributed by atoms with Crippen LogP contribution in [0, 0.1) is 0 Å². The van der Waals surface area contributed by atoms with E-state index in [1.54, 1.807) is 0 Å². The van der Waals surface area contributed by atoms with Crippen LogP contribution in [0.3, 0.4) is 0 Å². The van der Waals surface area contributed by atoms with E-state index in [4.69, 9.17) is 4.74 Å². The quantitative estimate of drug-likeness (QED) is 0.714. The lowest BCUT2D eigenvalue weighted by Gasteiger charge is -2.36. The summed E-state index contributed by atoms with van der Waals surface area (Å²) in [7, 11) is 0. The van der Waals surface area contributed by atoms with Crippen LogP contribution in [0.1, 0.15) is 45.4 Å². The van der Waals surface area contributed by atoms with Crippen molar-refractivity contribution >= 4 is 0 Å². The topological polar surface area (TPSA) is 24.5 Å². The summed E-state index contributed by atoms with van der Waals surface area (Å²) in [6, 6.07) is 1.60. The van der Waals surface area contributed by atoms with Crippen molar-refractivity contribution in [1.29, 1.82) is 0 Å². The average Bonchev–Trinajstić information content (AvgIpc) is 3.10. The third-order valence-electron chi connectivity index (χ3n) is 4.50. The monoisotopic (exact) mass is 238 g/mol. The Morgan fingerprint density at radius 1 is 1.18 bits per heavy atom. The van der Waals surface area contributed by atoms with Crippen molar-refractivity contribution in [2.45, 2.75) is 69.7 Å². The van der Waals surface area contributed by atoms with E-state index in [-0.39, 0.29) is 0 Å². The van der Waals surface area contributed by atoms with Gasteiger partial charge >= 0.3 is 0 Å². The van der Waals surface area contributed by atoms with Crippen molar-refractivity contribution in [3.8, 4) is 0 Å². The van der Waals surface area contributed by atoms with Gasteiger partial charge in [-0.15, -0.1) is 0 Å². The Hall–Kier alpha value is -0.120. The van der Waals surface area contributed by atoms with Crippen LogP contribution in [0.25, 0.3) is 0 Å². The summed E-state index contributed by atoms with van der Waals surface area (Å²) in [5.74, 6) is 0. The van der Waals surface area contributed by atoms with E-state index in [9.17, 15) is 0 Å². The highest BCUT2D eigenvalue weighted by molar-refractivity contribution is 4.87. The Morgan fingerprint density at radius 2 is 1.88 bits per heavy atom. The molecule has 0 aromatic heterocycles. The zero-order valence-corrected chi connectivity index (χ0v) is 11.0. The molecule has 2 saturated heterocycles. The summed E-state index contributed by atoms with van der Waals surface area (Å²) >= 11 is 0. The van der Waals surface area contributed by atoms with Gasteiger partial charge in [-0.3, -0.25) is 4.90 Å². The van der Waals surface area contributed by atoms with Crippen LogP contribution in [-0.2, 0) is 4.74 Å². The molecule has 0 aromatic rings. The van der Waals surface area contributed by atoms with Crippen LogP contribution in [0.4, 0.5) is 0 Å². The Balaban J connectivity index is 1.35. The van der Waals surface area contributed by atoms with Crippen molar-refractivity contribution in [1.82, 2.24) is 10.2 Å². The Morgan fingerprint density at radius 3 is 2.53 bits per heavy atom. The van der Waals surface area contributed by atoms with E-state index in [0.29, 0.717) is 12.2 Å². The molecule has 2 aliphatic heterocycles. The van der Waals surface area contributed by atoms with Gasteiger partial charge in [0.2, 0.25) is 0 Å². The SMILES string of the molecule is CC(CCCNC1CC1)N1CC2CCC(C1)O2. The summed E-state index contributed by atoms with van der Waals surface area (Å²) < 4.78 is 5.89. The Bertz CT molecular complexity index is 243. The van der Waals surface area contributed by atoms with E-state index in [0.717, 1.165) is 12.1 Å². The lowest BCUT2D eigenvalue weighted by atomic mass is 10.1. The summed E-state index contributed by atoms with van der Waals surface area (Å²) in [6.07, 6.45) is 9.13. The van der Waals surface area contributed by atoms with Crippen molar-refractivity contribution in [3.05, 3.63) is 0 Å². The molecule has 2 heterocycles. The predicted molar refractivity (Wildman–Crippen MR) is 69.2 cm³/mol. The fraction of sp³-hybridized carbons (Fsp3) is 1.00. The number of ether oxygens (including phenoxy) is 1. The largest absolute Gasteiger partial charge is 0.372 e. The van der Waals surface area contributed by atoms with Gasteiger partial charge in [-0.25, -0.2) is 0 Å². The van der Waals surface area contributed by atoms with E-state index in [1.165, 1.54) is 58.2 Å². The van der Waals surface area contributed by atoms with Crippen LogP contribution in [0.2, 0.25) is 0 Å². The predicted octanol–water partition coefficient (Wildman–Crippen LogP) is 1.77. The molecule has 1 aliphatic carbocycles. The van der Waals surface area contributed by atoms with E-state index >= 15 is 0 Å². The Kier molecular flexibility index (Phi) is 3.69. The van der Waals surface area contributed by atoms with Crippen molar-refractivity contribution in [2.75, 3.05) is 19.6 Å². The van der Waals surface area contributed by atoms with Gasteiger partial charge in [0.05, 0.1) is 12.2 Å². The number of nitrogens with one attached hydrogen (secondary N) is 1. The first-order valence-corrected chi connectivity index (χ1v) is 7.44. The number of rotatable bonds is 6. The van der Waals surface area contributed by atoms with Gasteiger partial charge in [0.1, 0.15) is 0 Å². The molecule has 3 heteroatoms. The van der Waals surface area contributed by atoms with E-state index in [2.05, 4.69) is 17.1 Å². The van der Waals surface area contributed by atoms with Crippen molar-refractivity contribution in [3.63, 3.8) is 0 Å². The van der Waals surface area contributed by atoms with Crippen LogP contribution >= 0.6 is 0 Å². The number of fused-ring (bicyclic) bond motifs is 2. The minimum absolute atomic E-state index is 0.542. The molecular weight excluding hydrogens is 212 g/mol. The Labute approximate surface area is 105 Å². The molecule has 0 aromatic carbocycles. The molecular formula is C14H26N2O. The second kappa shape index (κ2) is 5.25. The zero-order chi connectivity index (χ0) is 11.7. The van der Waals surface area contributed by atoms with Crippen molar-refractivity contribution in [2.24, 2.45) is 0 Å². The molecule has 1 saturated carbocycles. The molecule has 98 valence electrons. The summed E-state index contributed by atoms with van der Waals surface area (Å²) in [5, 5.41) is 3.60. The molecule has 0 radical (unpaired) electrons. The van der Waals surface area contributed by atoms with Gasteiger partial charge in [0.25, 0.3) is 0 Å². The standard InChI is InChI=1S/C14H26N2O/c1-11(3-2-8-15-12-4-5-12)16-9-13-6-7-14(10-16)17-13/h11-15H,2-10H2,1H3. The maximum absolute atomic E-state index is 5.89. The minimum atomic E-state index is 0.542. The molecule has 1 N–H and O–H groups in total. The molecule has 0 spiro atoms. The van der Waals surface area contributed by atoms with Crippen LogP contribution < -0.4 is 5.32 Å². The lowest BCUT2D eigenvalue weighted by molar-refractivity contribution is -0.0514. The van der Waals surface area contributed by atoms with E-state index in [1.807, 2.05) is 0 Å². The molecule has 17 heavy (non-hydrogen) atoms. The summed E-state index contributed by atoms with van der Waals surface area (Å²) in [4.78, 5) is 2.66. The first-order valence-electron chi connectivity index (χ1n) is 7.44. The van der Waals surface area contributed by atoms with E-state index < -0.39 is 0 Å². The van der Waals surface area contributed by atoms with Gasteiger partial charge in [0, 0.05) is 25.2 Å². The number of likely N-dealkylation sites (tertiary alicyclic amines) is 1. The molecule has 3 nitrogen and oxygen atoms in total. The molecule has 3 unspecified atom stereocenters. The first kappa shape index (κ1) is 11.9. The smallest absolute Gasteiger partial charge is 0.0707 e. The maximum Gasteiger partial charge on any atom is 0.0707 e. The highest BCUT2D eigenvalue weighted by atomic mass is 16.5. The van der Waals surface area contributed by atoms with Gasteiger partial charge < -0.3 is 10.1 Å². The maximum atomic E-state index is 5.89. The lowest BCUT2D eigenvalue weighted by Crippen LogP contribution is -2.47. The zero-order valence-electron chi connectivity index (χ0n) is 11.0. The number of hydrogen-bond donors (Lipinski definition) is 1. The average molecular weight is 238 g/mol. The second-order valence-corrected chi connectivity index (χ2v) is 6.13. The van der Waals surface area contributed by atoms with Crippen LogP contribution in [-0.4, -0.2) is 48.8 Å². The molecule has 3 fully saturated rings. The highest BCUT2D eigenvalue weighted by Crippen LogP contribution is 2.28. The number of morpholine rings is 1. The summed E-state index contributed by atoms with van der Waals surface area (Å²) in [6.45, 7) is 5.95. The van der Waals surface area contributed by atoms with Gasteiger partial charge in [0.15, 0.2) is 0 Å². The third-order valence-corrected chi connectivity index (χ3v) is 4.50. The van der Waals surface area contributed by atoms with Crippen LogP contribution in [0.15, 0.2) is 0 Å². The molecule has 3 rings (SSSR count). The fourth-order valence-electron chi connectivity index (χ4n) is 3.18. The fourth-order valence-corrected chi connectivity index (χ4v) is 3.18. The molecule has 3 aliphatic rings. The normalized spacial score (nSPS) is 35.1. The van der Waals surface area contributed by atoms with Crippen molar-refractivity contribution < 1.29 is 4.74 Å². The molecule has 0 amide bonds. The summed E-state index contributed by atoms with van der Waals surface area (Å²) in [5.41, 5.74) is 0. The van der Waals surface area contributed by atoms with Gasteiger partial charge in [-0.05, 0) is 52.0 Å². The van der Waals surface area contributed by atoms with Gasteiger partial charge in [-0.2, -0.15) is 0 Å². The van der Waals surface area contributed by atoms with Crippen LogP contribution in [0.5, 0.6) is 0 Å². The first-order chi connectivity index (χ1) is 8.31. The molecule has 2 bridgehead atoms.